The van der Waals surface area contributed by atoms with Crippen LogP contribution in [0.3, 0.4) is 0 Å². The van der Waals surface area contributed by atoms with Crippen molar-refractivity contribution in [3.05, 3.63) is 51.9 Å². The van der Waals surface area contributed by atoms with Crippen LogP contribution >= 0.6 is 27.3 Å². The second-order valence-corrected chi connectivity index (χ2v) is 9.23. The minimum absolute atomic E-state index is 0.288. The predicted octanol–water partition coefficient (Wildman–Crippen LogP) is 3.81. The topological polar surface area (TPSA) is 42.3 Å². The summed E-state index contributed by atoms with van der Waals surface area (Å²) in [5.41, 5.74) is 1.06. The van der Waals surface area contributed by atoms with Crippen molar-refractivity contribution in [1.29, 1.82) is 0 Å². The molecule has 1 aromatic carbocycles. The van der Waals surface area contributed by atoms with Gasteiger partial charge in [-0.15, -0.1) is 11.3 Å². The molecule has 122 valence electrons. The third kappa shape index (κ3) is 3.24. The molecule has 7 heteroatoms. The Kier molecular flexibility index (Phi) is 4.64. The van der Waals surface area contributed by atoms with E-state index in [2.05, 4.69) is 20.8 Å². The van der Waals surface area contributed by atoms with Gasteiger partial charge in [0.05, 0.1) is 4.90 Å². The summed E-state index contributed by atoms with van der Waals surface area (Å²) in [7, 11) is 0.436. The van der Waals surface area contributed by atoms with Gasteiger partial charge in [-0.1, -0.05) is 22.0 Å². The molecule has 0 amide bonds. The van der Waals surface area contributed by atoms with Crippen LogP contribution in [0.1, 0.15) is 5.56 Å². The molecule has 2 aromatic heterocycles. The largest absolute Gasteiger partial charge is 0.309 e. The number of likely N-dealkylation sites (N-methyl/N-ethyl adjacent to an activating group) is 1. The minimum Gasteiger partial charge on any atom is -0.309 e. The van der Waals surface area contributed by atoms with E-state index in [0.29, 0.717) is 0 Å². The van der Waals surface area contributed by atoms with E-state index < -0.39 is 10.0 Å². The van der Waals surface area contributed by atoms with Crippen molar-refractivity contribution >= 4 is 47.5 Å². The van der Waals surface area contributed by atoms with E-state index >= 15 is 0 Å². The maximum atomic E-state index is 13.0. The highest BCUT2D eigenvalue weighted by Crippen LogP contribution is 2.31. The van der Waals surface area contributed by atoms with Crippen LogP contribution in [0.15, 0.2) is 51.3 Å². The molecule has 0 unspecified atom stereocenters. The highest BCUT2D eigenvalue weighted by molar-refractivity contribution is 9.10. The van der Waals surface area contributed by atoms with Crippen LogP contribution in [-0.4, -0.2) is 37.9 Å². The maximum absolute atomic E-state index is 13.0. The number of fused-ring (bicyclic) bond motifs is 1. The molecule has 0 fully saturated rings. The first-order valence-electron chi connectivity index (χ1n) is 7.13. The Bertz CT molecular complexity index is 942. The van der Waals surface area contributed by atoms with Gasteiger partial charge >= 0.3 is 0 Å². The van der Waals surface area contributed by atoms with Gasteiger partial charge in [0.25, 0.3) is 10.0 Å². The fraction of sp³-hybridized carbons (Fsp3) is 0.250. The number of hydrogen-bond donors (Lipinski definition) is 0. The van der Waals surface area contributed by atoms with Gasteiger partial charge in [-0.2, -0.15) is 0 Å². The van der Waals surface area contributed by atoms with E-state index in [1.165, 1.54) is 15.3 Å². The normalized spacial score (nSPS) is 12.3. The first kappa shape index (κ1) is 16.7. The molecule has 0 saturated heterocycles. The summed E-state index contributed by atoms with van der Waals surface area (Å²) >= 11 is 4.79. The summed E-state index contributed by atoms with van der Waals surface area (Å²) in [4.78, 5) is 3.16. The van der Waals surface area contributed by atoms with Crippen LogP contribution in [0.4, 0.5) is 0 Å². The Hall–Kier alpha value is -1.15. The Morgan fingerprint density at radius 1 is 1.26 bits per heavy atom. The molecular weight excluding hydrogens is 396 g/mol. The number of aromatic nitrogens is 1. The lowest BCUT2D eigenvalue weighted by molar-refractivity contribution is 0.414. The summed E-state index contributed by atoms with van der Waals surface area (Å²) < 4.78 is 28.1. The van der Waals surface area contributed by atoms with Gasteiger partial charge in [-0.25, -0.2) is 12.4 Å². The smallest absolute Gasteiger partial charge is 0.268 e. The van der Waals surface area contributed by atoms with Crippen molar-refractivity contribution in [3.63, 3.8) is 0 Å². The Morgan fingerprint density at radius 3 is 2.74 bits per heavy atom. The van der Waals surface area contributed by atoms with Gasteiger partial charge in [0.1, 0.15) is 4.83 Å². The van der Waals surface area contributed by atoms with E-state index in [9.17, 15) is 8.42 Å². The fourth-order valence-electron chi connectivity index (χ4n) is 2.45. The van der Waals surface area contributed by atoms with Crippen LogP contribution in [-0.2, 0) is 16.4 Å². The van der Waals surface area contributed by atoms with Gasteiger partial charge in [-0.05, 0) is 55.7 Å². The molecule has 4 nitrogen and oxygen atoms in total. The lowest BCUT2D eigenvalue weighted by Crippen LogP contribution is -2.15. The SMILES string of the molecule is CN(C)CCc1cn(S(=O)(=O)c2cccc(Br)c2)c2sccc12. The predicted molar refractivity (Wildman–Crippen MR) is 98.8 cm³/mol. The van der Waals surface area contributed by atoms with Crippen LogP contribution < -0.4 is 0 Å². The molecule has 3 aromatic rings. The van der Waals surface area contributed by atoms with Crippen LogP contribution in [0.2, 0.25) is 0 Å². The van der Waals surface area contributed by atoms with Crippen molar-refractivity contribution in [3.8, 4) is 0 Å². The average Bonchev–Trinajstić information content (AvgIpc) is 3.07. The molecule has 0 N–H and O–H groups in total. The molecular formula is C16H17BrN2O2S2. The molecule has 0 saturated carbocycles. The number of thiophene rings is 1. The van der Waals surface area contributed by atoms with Gasteiger partial charge in [-0.3, -0.25) is 0 Å². The minimum atomic E-state index is -3.59. The van der Waals surface area contributed by atoms with E-state index in [-0.39, 0.29) is 4.90 Å². The summed E-state index contributed by atoms with van der Waals surface area (Å²) in [6.07, 6.45) is 2.59. The molecule has 2 heterocycles. The Morgan fingerprint density at radius 2 is 2.04 bits per heavy atom. The summed E-state index contributed by atoms with van der Waals surface area (Å²) in [6, 6.07) is 8.81. The number of benzene rings is 1. The van der Waals surface area contributed by atoms with E-state index in [4.69, 9.17) is 0 Å². The lowest BCUT2D eigenvalue weighted by atomic mass is 10.2. The monoisotopic (exact) mass is 412 g/mol. The summed E-state index contributed by atoms with van der Waals surface area (Å²) in [6.45, 7) is 0.881. The first-order chi connectivity index (χ1) is 10.9. The van der Waals surface area contributed by atoms with Gasteiger partial charge in [0, 0.05) is 22.6 Å². The summed E-state index contributed by atoms with van der Waals surface area (Å²) in [5, 5.41) is 2.96. The van der Waals surface area contributed by atoms with E-state index in [1.807, 2.05) is 31.6 Å². The number of halogens is 1. The van der Waals surface area contributed by atoms with Crippen LogP contribution in [0.25, 0.3) is 10.2 Å². The Balaban J connectivity index is 2.11. The second-order valence-electron chi connectivity index (χ2n) is 5.61. The third-order valence-electron chi connectivity index (χ3n) is 3.65. The second kappa shape index (κ2) is 6.39. The highest BCUT2D eigenvalue weighted by atomic mass is 79.9. The third-order valence-corrected chi connectivity index (χ3v) is 6.82. The average molecular weight is 413 g/mol. The van der Waals surface area contributed by atoms with Gasteiger partial charge in [0.2, 0.25) is 0 Å². The highest BCUT2D eigenvalue weighted by Gasteiger charge is 2.22. The molecule has 0 spiro atoms. The molecule has 23 heavy (non-hydrogen) atoms. The molecule has 3 rings (SSSR count). The molecule has 0 aliphatic carbocycles. The molecule has 0 radical (unpaired) electrons. The first-order valence-corrected chi connectivity index (χ1v) is 10.2. The van der Waals surface area contributed by atoms with Crippen molar-refractivity contribution in [2.24, 2.45) is 0 Å². The summed E-state index contributed by atoms with van der Waals surface area (Å²) in [5.74, 6) is 0. The van der Waals surface area contributed by atoms with Gasteiger partial charge in [0.15, 0.2) is 0 Å². The van der Waals surface area contributed by atoms with E-state index in [1.54, 1.807) is 24.4 Å². The van der Waals surface area contributed by atoms with Crippen molar-refractivity contribution in [1.82, 2.24) is 8.87 Å². The fourth-order valence-corrected chi connectivity index (χ4v) is 5.58. The van der Waals surface area contributed by atoms with Crippen molar-refractivity contribution in [2.75, 3.05) is 20.6 Å². The zero-order chi connectivity index (χ0) is 16.6. The standard InChI is InChI=1S/C16H17BrN2O2S2/c1-18(2)8-6-12-11-19(16-15(12)7-9-22-16)23(20,21)14-5-3-4-13(17)10-14/h3-5,7,9-11H,6,8H2,1-2H3. The number of nitrogens with zero attached hydrogens (tertiary/aromatic N) is 2. The van der Waals surface area contributed by atoms with Gasteiger partial charge < -0.3 is 4.90 Å². The number of rotatable bonds is 5. The number of hydrogen-bond acceptors (Lipinski definition) is 4. The Labute approximate surface area is 148 Å². The quantitative estimate of drug-likeness (QED) is 0.639. The molecule has 0 bridgehead atoms. The zero-order valence-corrected chi connectivity index (χ0v) is 16.1. The molecule has 0 atom stereocenters. The molecule has 0 aliphatic heterocycles. The zero-order valence-electron chi connectivity index (χ0n) is 12.9. The molecule has 0 aliphatic rings. The maximum Gasteiger partial charge on any atom is 0.268 e. The van der Waals surface area contributed by atoms with Crippen LogP contribution in [0, 0.1) is 0 Å². The van der Waals surface area contributed by atoms with Crippen molar-refractivity contribution < 1.29 is 8.42 Å². The van der Waals surface area contributed by atoms with Crippen molar-refractivity contribution in [2.45, 2.75) is 11.3 Å². The lowest BCUT2D eigenvalue weighted by Gasteiger charge is -2.08. The van der Waals surface area contributed by atoms with E-state index in [0.717, 1.165) is 33.2 Å². The van der Waals surface area contributed by atoms with Crippen LogP contribution in [0.5, 0.6) is 0 Å².